The Bertz CT molecular complexity index is 1090. The van der Waals surface area contributed by atoms with Crippen LogP contribution in [0, 0.1) is 0 Å². The summed E-state index contributed by atoms with van der Waals surface area (Å²) in [5, 5.41) is 9.60. The van der Waals surface area contributed by atoms with E-state index in [1.54, 1.807) is 18.3 Å². The van der Waals surface area contributed by atoms with E-state index in [4.69, 9.17) is 16.3 Å². The average molecular weight is 477 g/mol. The number of aromatic nitrogens is 3. The van der Waals surface area contributed by atoms with Crippen molar-refractivity contribution in [3.8, 4) is 5.88 Å². The summed E-state index contributed by atoms with van der Waals surface area (Å²) in [7, 11) is 0. The number of piperazine rings is 1. The van der Waals surface area contributed by atoms with Gasteiger partial charge in [0, 0.05) is 43.9 Å². The van der Waals surface area contributed by atoms with Crippen molar-refractivity contribution in [2.75, 3.05) is 43.0 Å². The molecule has 0 saturated carbocycles. The normalized spacial score (nSPS) is 14.5. The largest absolute Gasteiger partial charge is 0.470 e. The molecule has 1 aliphatic heterocycles. The Morgan fingerprint density at radius 2 is 2.03 bits per heavy atom. The van der Waals surface area contributed by atoms with Crippen LogP contribution >= 0.6 is 11.6 Å². The molecule has 0 spiro atoms. The van der Waals surface area contributed by atoms with Gasteiger partial charge in [-0.25, -0.2) is 18.9 Å². The molecule has 2 aromatic heterocycles. The molecule has 0 unspecified atom stereocenters. The number of ether oxygens (including phenoxy) is 1. The van der Waals surface area contributed by atoms with Gasteiger partial charge in [-0.1, -0.05) is 23.7 Å². The average Bonchev–Trinajstić information content (AvgIpc) is 3.25. The second-order valence-electron chi connectivity index (χ2n) is 7.54. The molecule has 33 heavy (non-hydrogen) atoms. The van der Waals surface area contributed by atoms with Crippen LogP contribution < -0.4 is 15.0 Å². The standard InChI is InChI=1S/C22H23ClF2N6O2/c23-16-4-1-3-15(11-16)13-30-7-9-31(10-8-30)20-17(5-2-6-26-20)21(32)28-18-12-27-29-22(18)33-14-19(24)25/h1-6,11-12,19H,7-10,13-14H2,(H,27,29)(H,28,32). The highest BCUT2D eigenvalue weighted by molar-refractivity contribution is 6.30. The molecular weight excluding hydrogens is 454 g/mol. The molecule has 174 valence electrons. The first-order valence-electron chi connectivity index (χ1n) is 10.4. The van der Waals surface area contributed by atoms with Crippen molar-refractivity contribution >= 4 is 29.0 Å². The molecule has 11 heteroatoms. The molecule has 1 aromatic carbocycles. The summed E-state index contributed by atoms with van der Waals surface area (Å²) in [5.74, 6) is 0.113. The molecule has 4 rings (SSSR count). The number of hydrogen-bond donors (Lipinski definition) is 2. The summed E-state index contributed by atoms with van der Waals surface area (Å²) in [4.78, 5) is 21.8. The third kappa shape index (κ3) is 5.96. The van der Waals surface area contributed by atoms with E-state index in [0.717, 1.165) is 30.2 Å². The van der Waals surface area contributed by atoms with Gasteiger partial charge < -0.3 is 15.0 Å². The minimum Gasteiger partial charge on any atom is -0.470 e. The maximum atomic E-state index is 13.0. The molecule has 1 aliphatic rings. The smallest absolute Gasteiger partial charge is 0.272 e. The number of rotatable bonds is 8. The summed E-state index contributed by atoms with van der Waals surface area (Å²) in [6.45, 7) is 3.00. The number of anilines is 2. The number of carbonyl (C=O) groups is 1. The van der Waals surface area contributed by atoms with Crippen LogP contribution in [0.15, 0.2) is 48.8 Å². The first kappa shape index (κ1) is 22.9. The van der Waals surface area contributed by atoms with Gasteiger partial charge in [-0.2, -0.15) is 5.10 Å². The summed E-state index contributed by atoms with van der Waals surface area (Å²) in [5.41, 5.74) is 1.71. The number of carbonyl (C=O) groups excluding carboxylic acids is 1. The van der Waals surface area contributed by atoms with Crippen LogP contribution in [0.2, 0.25) is 5.02 Å². The number of benzene rings is 1. The maximum absolute atomic E-state index is 13.0. The van der Waals surface area contributed by atoms with Crippen molar-refractivity contribution in [2.24, 2.45) is 0 Å². The van der Waals surface area contributed by atoms with Crippen LogP contribution in [0.25, 0.3) is 0 Å². The van der Waals surface area contributed by atoms with Gasteiger partial charge in [-0.05, 0) is 29.8 Å². The molecule has 0 radical (unpaired) electrons. The van der Waals surface area contributed by atoms with E-state index in [-0.39, 0.29) is 11.6 Å². The van der Waals surface area contributed by atoms with Crippen LogP contribution in [0.1, 0.15) is 15.9 Å². The van der Waals surface area contributed by atoms with Crippen LogP contribution in [0.3, 0.4) is 0 Å². The Kier molecular flexibility index (Phi) is 7.36. The molecule has 0 atom stereocenters. The Labute approximate surface area is 194 Å². The van der Waals surface area contributed by atoms with Gasteiger partial charge in [-0.15, -0.1) is 0 Å². The quantitative estimate of drug-likeness (QED) is 0.516. The van der Waals surface area contributed by atoms with Crippen molar-refractivity contribution in [3.63, 3.8) is 0 Å². The summed E-state index contributed by atoms with van der Waals surface area (Å²) < 4.78 is 29.9. The second kappa shape index (κ2) is 10.6. The lowest BCUT2D eigenvalue weighted by molar-refractivity contribution is 0.0798. The number of alkyl halides is 2. The van der Waals surface area contributed by atoms with Crippen molar-refractivity contribution in [1.29, 1.82) is 0 Å². The molecule has 3 aromatic rings. The molecule has 0 bridgehead atoms. The topological polar surface area (TPSA) is 86.4 Å². The minimum absolute atomic E-state index is 0.0243. The van der Waals surface area contributed by atoms with E-state index in [0.29, 0.717) is 24.5 Å². The lowest BCUT2D eigenvalue weighted by Crippen LogP contribution is -2.46. The van der Waals surface area contributed by atoms with Crippen molar-refractivity contribution in [2.45, 2.75) is 13.0 Å². The third-order valence-electron chi connectivity index (χ3n) is 5.20. The zero-order valence-electron chi connectivity index (χ0n) is 17.7. The van der Waals surface area contributed by atoms with Crippen LogP contribution in [-0.2, 0) is 6.54 Å². The highest BCUT2D eigenvalue weighted by atomic mass is 35.5. The third-order valence-corrected chi connectivity index (χ3v) is 5.44. The van der Waals surface area contributed by atoms with E-state index in [1.165, 1.54) is 6.20 Å². The molecule has 3 heterocycles. The number of aromatic amines is 1. The second-order valence-corrected chi connectivity index (χ2v) is 7.97. The predicted molar refractivity (Wildman–Crippen MR) is 121 cm³/mol. The number of nitrogens with one attached hydrogen (secondary N) is 2. The number of halogens is 3. The van der Waals surface area contributed by atoms with Crippen molar-refractivity contribution < 1.29 is 18.3 Å². The van der Waals surface area contributed by atoms with E-state index in [2.05, 4.69) is 36.4 Å². The van der Waals surface area contributed by atoms with Crippen molar-refractivity contribution in [3.05, 3.63) is 64.9 Å². The van der Waals surface area contributed by atoms with Crippen LogP contribution in [0.4, 0.5) is 20.3 Å². The zero-order valence-corrected chi connectivity index (χ0v) is 18.4. The Morgan fingerprint density at radius 1 is 1.21 bits per heavy atom. The van der Waals surface area contributed by atoms with Gasteiger partial charge in [-0.3, -0.25) is 9.69 Å². The van der Waals surface area contributed by atoms with Crippen LogP contribution in [-0.4, -0.2) is 65.2 Å². The summed E-state index contributed by atoms with van der Waals surface area (Å²) in [6, 6.07) is 11.2. The van der Waals surface area contributed by atoms with E-state index in [1.807, 2.05) is 18.2 Å². The fourth-order valence-corrected chi connectivity index (χ4v) is 3.86. The SMILES string of the molecule is O=C(Nc1cn[nH]c1OCC(F)F)c1cccnc1N1CCN(Cc2cccc(Cl)c2)CC1. The van der Waals surface area contributed by atoms with Gasteiger partial charge in [0.05, 0.1) is 11.8 Å². The Morgan fingerprint density at radius 3 is 2.79 bits per heavy atom. The minimum atomic E-state index is -2.64. The van der Waals surface area contributed by atoms with Gasteiger partial charge in [0.15, 0.2) is 6.61 Å². The Balaban J connectivity index is 1.40. The first-order chi connectivity index (χ1) is 16.0. The predicted octanol–water partition coefficient (Wildman–Crippen LogP) is 3.68. The monoisotopic (exact) mass is 476 g/mol. The number of hydrogen-bond acceptors (Lipinski definition) is 6. The fraction of sp³-hybridized carbons (Fsp3) is 0.318. The summed E-state index contributed by atoms with van der Waals surface area (Å²) >= 11 is 6.08. The molecule has 8 nitrogen and oxygen atoms in total. The molecule has 0 aliphatic carbocycles. The molecular formula is C22H23ClF2N6O2. The molecule has 1 fully saturated rings. The Hall–Kier alpha value is -3.24. The van der Waals surface area contributed by atoms with Gasteiger partial charge in [0.25, 0.3) is 12.3 Å². The maximum Gasteiger partial charge on any atom is 0.272 e. The van der Waals surface area contributed by atoms with E-state index in [9.17, 15) is 13.6 Å². The molecule has 1 amide bonds. The highest BCUT2D eigenvalue weighted by Gasteiger charge is 2.23. The number of amides is 1. The van der Waals surface area contributed by atoms with Gasteiger partial charge >= 0.3 is 0 Å². The molecule has 1 saturated heterocycles. The molecule has 2 N–H and O–H groups in total. The van der Waals surface area contributed by atoms with E-state index < -0.39 is 18.9 Å². The number of pyridine rings is 1. The number of nitrogens with zero attached hydrogens (tertiary/aromatic N) is 4. The lowest BCUT2D eigenvalue weighted by atomic mass is 10.1. The van der Waals surface area contributed by atoms with Gasteiger partial charge in [0.2, 0.25) is 5.88 Å². The first-order valence-corrected chi connectivity index (χ1v) is 10.8. The van der Waals surface area contributed by atoms with Crippen molar-refractivity contribution in [1.82, 2.24) is 20.1 Å². The van der Waals surface area contributed by atoms with Crippen LogP contribution in [0.5, 0.6) is 5.88 Å². The highest BCUT2D eigenvalue weighted by Crippen LogP contribution is 2.25. The fourth-order valence-electron chi connectivity index (χ4n) is 3.65. The van der Waals surface area contributed by atoms with Gasteiger partial charge in [0.1, 0.15) is 11.5 Å². The lowest BCUT2D eigenvalue weighted by Gasteiger charge is -2.36. The van der Waals surface area contributed by atoms with E-state index >= 15 is 0 Å². The zero-order chi connectivity index (χ0) is 23.2. The summed E-state index contributed by atoms with van der Waals surface area (Å²) in [6.07, 6.45) is 0.308. The number of H-pyrrole nitrogens is 1.